The molecule has 0 aliphatic carbocycles. The van der Waals surface area contributed by atoms with Crippen molar-refractivity contribution >= 4 is 44.0 Å². The monoisotopic (exact) mass is 912 g/mol. The first-order valence-electron chi connectivity index (χ1n) is 25.5. The van der Waals surface area contributed by atoms with Crippen molar-refractivity contribution in [3.05, 3.63) is 155 Å². The van der Waals surface area contributed by atoms with E-state index in [4.69, 9.17) is 9.97 Å². The van der Waals surface area contributed by atoms with Gasteiger partial charge in [-0.25, -0.2) is 18.7 Å². The normalized spacial score (nSPS) is 13.6. The van der Waals surface area contributed by atoms with Crippen molar-refractivity contribution in [1.29, 1.82) is 0 Å². The van der Waals surface area contributed by atoms with Crippen LogP contribution in [0.15, 0.2) is 121 Å². The summed E-state index contributed by atoms with van der Waals surface area (Å²) >= 11 is 0. The topological polar surface area (TPSA) is 30.7 Å². The largest absolute Gasteiger partial charge is 0.340 e. The number of halogens is 2. The Morgan fingerprint density at radius 2 is 1.22 bits per heavy atom. The lowest BCUT2D eigenvalue weighted by Crippen LogP contribution is -2.11. The van der Waals surface area contributed by atoms with Crippen molar-refractivity contribution < 1.29 is 8.78 Å². The van der Waals surface area contributed by atoms with E-state index >= 15 is 8.78 Å². The molecule has 0 aliphatic rings. The van der Waals surface area contributed by atoms with Crippen molar-refractivity contribution in [2.24, 2.45) is 5.41 Å². The van der Waals surface area contributed by atoms with Crippen molar-refractivity contribution in [3.63, 3.8) is 0 Å². The molecule has 0 bridgehead atoms. The molecule has 7 aromatic rings. The number of hydrogen-bond donors (Lipinski definition) is 0. The maximum absolute atomic E-state index is 17.5. The molecule has 1 unspecified atom stereocenters. The van der Waals surface area contributed by atoms with Crippen molar-refractivity contribution in [2.45, 2.75) is 158 Å². The number of benzene rings is 5. The second kappa shape index (κ2) is 21.7. The summed E-state index contributed by atoms with van der Waals surface area (Å²) in [4.78, 5) is 10.8. The van der Waals surface area contributed by atoms with E-state index in [2.05, 4.69) is 122 Å². The molecule has 2 heterocycles. The van der Waals surface area contributed by atoms with Gasteiger partial charge in [-0.15, -0.1) is 0 Å². The Kier molecular flexibility index (Phi) is 16.0. The zero-order valence-electron chi connectivity index (χ0n) is 42.9. The third kappa shape index (κ3) is 11.1. The van der Waals surface area contributed by atoms with Crippen molar-refractivity contribution in [1.82, 2.24) is 14.5 Å². The fraction of sp³-hybridized carbons (Fsp3) is 0.397. The van der Waals surface area contributed by atoms with Crippen LogP contribution in [-0.4, -0.2) is 14.5 Å². The van der Waals surface area contributed by atoms with Gasteiger partial charge in [-0.2, -0.15) is 0 Å². The van der Waals surface area contributed by atoms with E-state index < -0.39 is 11.6 Å². The molecule has 2 aromatic heterocycles. The zero-order valence-corrected chi connectivity index (χ0v) is 42.9. The average molecular weight is 912 g/mol. The average Bonchev–Trinajstić information content (AvgIpc) is 3.64. The van der Waals surface area contributed by atoms with Gasteiger partial charge in [0.05, 0.1) is 16.9 Å². The number of nitrogens with zero attached hydrogens (tertiary/aromatic N) is 3. The minimum absolute atomic E-state index is 0.0373. The van der Waals surface area contributed by atoms with Gasteiger partial charge in [0.25, 0.3) is 0 Å². The van der Waals surface area contributed by atoms with Gasteiger partial charge in [-0.3, -0.25) is 0 Å². The van der Waals surface area contributed by atoms with Gasteiger partial charge in [0.15, 0.2) is 11.6 Å². The highest BCUT2D eigenvalue weighted by Gasteiger charge is 2.29. The van der Waals surface area contributed by atoms with Gasteiger partial charge in [-0.1, -0.05) is 210 Å². The predicted octanol–water partition coefficient (Wildman–Crippen LogP) is 19.2. The van der Waals surface area contributed by atoms with Crippen LogP contribution in [0.4, 0.5) is 8.78 Å². The van der Waals surface area contributed by atoms with Crippen LogP contribution >= 0.6 is 0 Å². The maximum Gasteiger partial charge on any atom is 0.168 e. The molecule has 356 valence electrons. The van der Waals surface area contributed by atoms with Crippen molar-refractivity contribution in [2.75, 3.05) is 0 Å². The van der Waals surface area contributed by atoms with Gasteiger partial charge in [0.1, 0.15) is 5.52 Å². The quantitative estimate of drug-likeness (QED) is 0.0488. The van der Waals surface area contributed by atoms with Gasteiger partial charge < -0.3 is 4.57 Å². The first-order chi connectivity index (χ1) is 32.5. The van der Waals surface area contributed by atoms with Crippen LogP contribution in [0, 0.1) is 17.0 Å². The Hall–Kier alpha value is -5.68. The van der Waals surface area contributed by atoms with Gasteiger partial charge in [-0.05, 0) is 90.7 Å². The summed E-state index contributed by atoms with van der Waals surface area (Å²) < 4.78 is 37.4. The minimum Gasteiger partial charge on any atom is -0.340 e. The molecule has 68 heavy (non-hydrogen) atoms. The molecule has 0 radical (unpaired) electrons. The standard InChI is InChI=1S/C63H75F2N3/c1-12-14-16-17-18-25-39-68-52-40-48(35-37-50(52)51-38-36-49(41-53(51)68)63(9,10)11)42(3)32-34-45(26-15-13-2)55-57(65)56(64)54(43(4)31-33-44(5)62(6,7)8)60-61(55)67-59(47-29-23-20-24-30-47)58(66-60)46-27-21-19-22-28-46/h19-24,27-30,32-38,40-41,43H,12-18,25-26,31,39H2,1-11H3/b42-32+,44-33+,45-34+. The number of unbranched alkanes of at least 4 members (excludes halogenated alkanes) is 6. The molecule has 7 rings (SSSR count). The molecular formula is C63H75F2N3. The van der Waals surface area contributed by atoms with Crippen LogP contribution < -0.4 is 0 Å². The Bertz CT molecular complexity index is 2950. The van der Waals surface area contributed by atoms with Crippen LogP contribution in [0.5, 0.6) is 0 Å². The van der Waals surface area contributed by atoms with E-state index in [0.717, 1.165) is 48.1 Å². The summed E-state index contributed by atoms with van der Waals surface area (Å²) in [7, 11) is 0. The number of allylic oxidation sites excluding steroid dienone is 6. The van der Waals surface area contributed by atoms with E-state index in [1.807, 2.05) is 73.7 Å². The molecule has 0 amide bonds. The maximum atomic E-state index is 17.5. The molecule has 1 atom stereocenters. The number of aryl methyl sites for hydroxylation is 1. The first kappa shape index (κ1) is 50.2. The minimum atomic E-state index is -0.861. The second-order valence-electron chi connectivity index (χ2n) is 21.3. The van der Waals surface area contributed by atoms with E-state index in [0.29, 0.717) is 40.8 Å². The summed E-state index contributed by atoms with van der Waals surface area (Å²) in [6.45, 7) is 25.0. The highest BCUT2D eigenvalue weighted by atomic mass is 19.2. The van der Waals surface area contributed by atoms with E-state index in [1.54, 1.807) is 0 Å². The lowest BCUT2D eigenvalue weighted by molar-refractivity contribution is 0.487. The second-order valence-corrected chi connectivity index (χ2v) is 21.3. The third-order valence-electron chi connectivity index (χ3n) is 14.2. The summed E-state index contributed by atoms with van der Waals surface area (Å²) in [5.74, 6) is -2.07. The van der Waals surface area contributed by atoms with Crippen LogP contribution in [0.1, 0.15) is 169 Å². The SMILES string of the molecule is CCCCCCCCn1c2cc(/C(C)=C/C=C(\CCCC)c3c(F)c(F)c(C(C)C/C=C(\C)C(C)(C)C)c4nc(-c5ccccc5)c(-c5ccccc5)nc34)ccc2c2ccc(C(C)(C)C)cc21. The Labute approximate surface area is 406 Å². The predicted molar refractivity (Wildman–Crippen MR) is 289 cm³/mol. The fourth-order valence-corrected chi connectivity index (χ4v) is 9.43. The third-order valence-corrected chi connectivity index (χ3v) is 14.2. The molecular weight excluding hydrogens is 837 g/mol. The Morgan fingerprint density at radius 1 is 0.647 bits per heavy atom. The van der Waals surface area contributed by atoms with Gasteiger partial charge in [0, 0.05) is 50.6 Å². The summed E-state index contributed by atoms with van der Waals surface area (Å²) in [5.41, 5.74) is 12.2. The van der Waals surface area contributed by atoms with Crippen LogP contribution in [-0.2, 0) is 12.0 Å². The molecule has 0 fully saturated rings. The molecule has 0 spiro atoms. The molecule has 3 nitrogen and oxygen atoms in total. The van der Waals surface area contributed by atoms with Gasteiger partial charge in [0.2, 0.25) is 0 Å². The zero-order chi connectivity index (χ0) is 48.8. The highest BCUT2D eigenvalue weighted by Crippen LogP contribution is 2.42. The lowest BCUT2D eigenvalue weighted by Gasteiger charge is -2.22. The van der Waals surface area contributed by atoms with E-state index in [-0.39, 0.29) is 27.9 Å². The fourth-order valence-electron chi connectivity index (χ4n) is 9.43. The lowest BCUT2D eigenvalue weighted by atomic mass is 9.84. The number of rotatable bonds is 18. The van der Waals surface area contributed by atoms with E-state index in [9.17, 15) is 0 Å². The number of aromatic nitrogens is 3. The number of hydrogen-bond acceptors (Lipinski definition) is 2. The van der Waals surface area contributed by atoms with Crippen LogP contribution in [0.3, 0.4) is 0 Å². The van der Waals surface area contributed by atoms with Crippen LogP contribution in [0.2, 0.25) is 0 Å². The molecule has 5 aromatic carbocycles. The molecule has 5 heteroatoms. The molecule has 0 saturated carbocycles. The van der Waals surface area contributed by atoms with Crippen LogP contribution in [0.25, 0.3) is 66.5 Å². The van der Waals surface area contributed by atoms with Gasteiger partial charge >= 0.3 is 0 Å². The molecule has 0 saturated heterocycles. The first-order valence-corrected chi connectivity index (χ1v) is 25.5. The summed E-state index contributed by atoms with van der Waals surface area (Å²) in [5, 5.41) is 2.54. The summed E-state index contributed by atoms with van der Waals surface area (Å²) in [6.07, 6.45) is 16.5. The smallest absolute Gasteiger partial charge is 0.168 e. The highest BCUT2D eigenvalue weighted by molar-refractivity contribution is 6.09. The summed E-state index contributed by atoms with van der Waals surface area (Å²) in [6, 6.07) is 33.7. The number of fused-ring (bicyclic) bond motifs is 4. The molecule has 0 aliphatic heterocycles. The Balaban J connectivity index is 1.41. The molecule has 0 N–H and O–H groups in total. The van der Waals surface area contributed by atoms with Crippen molar-refractivity contribution in [3.8, 4) is 22.5 Å². The van der Waals surface area contributed by atoms with E-state index in [1.165, 1.54) is 65.0 Å². The Morgan fingerprint density at radius 3 is 1.82 bits per heavy atom.